The molecule has 1 amide bonds. The number of nitrogens with two attached hydrogens (primary N) is 1. The van der Waals surface area contributed by atoms with Gasteiger partial charge in [0, 0.05) is 5.92 Å². The summed E-state index contributed by atoms with van der Waals surface area (Å²) in [5.74, 6) is -0.722. The van der Waals surface area contributed by atoms with E-state index in [0.717, 1.165) is 6.42 Å². The highest BCUT2D eigenvalue weighted by atomic mass is 16.2. The lowest BCUT2D eigenvalue weighted by Crippen LogP contribution is -2.30. The second-order valence-electron chi connectivity index (χ2n) is 3.66. The van der Waals surface area contributed by atoms with E-state index in [1.807, 2.05) is 0 Å². The third-order valence-electron chi connectivity index (χ3n) is 2.60. The number of ketones is 1. The number of carbonyl (C=O) groups is 2. The maximum atomic E-state index is 11.0. The standard InChI is InChI=1S/C9H15NO2/c1-6(8(11)9(10)12)5-7-3-2-4-7/h6-7H,2-5H2,1H3,(H2,10,12)/t6-/m1/s1. The quantitative estimate of drug-likeness (QED) is 0.635. The lowest BCUT2D eigenvalue weighted by molar-refractivity contribution is -0.138. The molecule has 0 aromatic rings. The average Bonchev–Trinajstić information content (AvgIpc) is 1.94. The molecule has 0 aromatic heterocycles. The van der Waals surface area contributed by atoms with Crippen LogP contribution in [0.2, 0.25) is 0 Å². The molecule has 0 bridgehead atoms. The summed E-state index contributed by atoms with van der Waals surface area (Å²) < 4.78 is 0. The first-order chi connectivity index (χ1) is 5.61. The monoisotopic (exact) mass is 169 g/mol. The first kappa shape index (κ1) is 9.23. The van der Waals surface area contributed by atoms with E-state index in [2.05, 4.69) is 0 Å². The Morgan fingerprint density at radius 1 is 1.50 bits per heavy atom. The van der Waals surface area contributed by atoms with Crippen LogP contribution in [0.4, 0.5) is 0 Å². The minimum Gasteiger partial charge on any atom is -0.363 e. The summed E-state index contributed by atoms with van der Waals surface area (Å²) in [5, 5.41) is 0. The van der Waals surface area contributed by atoms with E-state index in [1.54, 1.807) is 6.92 Å². The van der Waals surface area contributed by atoms with E-state index in [1.165, 1.54) is 19.3 Å². The Balaban J connectivity index is 2.31. The Hall–Kier alpha value is -0.860. The number of hydrogen-bond acceptors (Lipinski definition) is 2. The van der Waals surface area contributed by atoms with Crippen LogP contribution in [0.1, 0.15) is 32.6 Å². The van der Waals surface area contributed by atoms with Crippen molar-refractivity contribution >= 4 is 11.7 Å². The third kappa shape index (κ3) is 2.06. The van der Waals surface area contributed by atoms with E-state index < -0.39 is 11.7 Å². The number of Topliss-reactive ketones (excluding diaryl/α,β-unsaturated/α-hetero) is 1. The zero-order chi connectivity index (χ0) is 9.14. The van der Waals surface area contributed by atoms with Crippen LogP contribution in [0.3, 0.4) is 0 Å². The molecule has 0 aromatic carbocycles. The molecule has 68 valence electrons. The molecule has 3 nitrogen and oxygen atoms in total. The summed E-state index contributed by atoms with van der Waals surface area (Å²) in [6, 6.07) is 0. The molecule has 0 unspecified atom stereocenters. The van der Waals surface area contributed by atoms with Crippen LogP contribution in [0.5, 0.6) is 0 Å². The molecule has 12 heavy (non-hydrogen) atoms. The predicted molar refractivity (Wildman–Crippen MR) is 45.3 cm³/mol. The Labute approximate surface area is 72.3 Å². The van der Waals surface area contributed by atoms with Crippen molar-refractivity contribution in [2.24, 2.45) is 17.6 Å². The molecule has 0 saturated heterocycles. The maximum Gasteiger partial charge on any atom is 0.285 e. The highest BCUT2D eigenvalue weighted by Gasteiger charge is 2.25. The molecule has 0 aliphatic heterocycles. The van der Waals surface area contributed by atoms with Crippen LogP contribution in [0.15, 0.2) is 0 Å². The van der Waals surface area contributed by atoms with E-state index in [0.29, 0.717) is 5.92 Å². The molecule has 1 fully saturated rings. The van der Waals surface area contributed by atoms with Gasteiger partial charge in [0.15, 0.2) is 0 Å². The summed E-state index contributed by atoms with van der Waals surface area (Å²) >= 11 is 0. The topological polar surface area (TPSA) is 60.2 Å². The average molecular weight is 169 g/mol. The zero-order valence-electron chi connectivity index (χ0n) is 7.38. The van der Waals surface area contributed by atoms with E-state index in [-0.39, 0.29) is 5.92 Å². The van der Waals surface area contributed by atoms with Crippen molar-refractivity contribution in [3.63, 3.8) is 0 Å². The third-order valence-corrected chi connectivity index (χ3v) is 2.60. The molecule has 1 saturated carbocycles. The first-order valence-electron chi connectivity index (χ1n) is 4.45. The Kier molecular flexibility index (Phi) is 2.84. The smallest absolute Gasteiger partial charge is 0.285 e. The van der Waals surface area contributed by atoms with Gasteiger partial charge < -0.3 is 5.73 Å². The molecular formula is C9H15NO2. The highest BCUT2D eigenvalue weighted by molar-refractivity contribution is 6.36. The van der Waals surface area contributed by atoms with E-state index >= 15 is 0 Å². The molecule has 0 radical (unpaired) electrons. The van der Waals surface area contributed by atoms with Crippen molar-refractivity contribution in [1.29, 1.82) is 0 Å². The molecule has 2 N–H and O–H groups in total. The van der Waals surface area contributed by atoms with Crippen molar-refractivity contribution in [3.8, 4) is 0 Å². The van der Waals surface area contributed by atoms with Crippen LogP contribution in [-0.2, 0) is 9.59 Å². The van der Waals surface area contributed by atoms with Crippen LogP contribution in [0.25, 0.3) is 0 Å². The largest absolute Gasteiger partial charge is 0.363 e. The molecule has 3 heteroatoms. The van der Waals surface area contributed by atoms with Crippen LogP contribution < -0.4 is 5.73 Å². The lowest BCUT2D eigenvalue weighted by atomic mass is 9.78. The summed E-state index contributed by atoms with van der Waals surface area (Å²) in [6.07, 6.45) is 4.51. The second kappa shape index (κ2) is 3.70. The Morgan fingerprint density at radius 3 is 2.42 bits per heavy atom. The normalized spacial score (nSPS) is 19.8. The highest BCUT2D eigenvalue weighted by Crippen LogP contribution is 2.32. The molecule has 1 aliphatic rings. The fraction of sp³-hybridized carbons (Fsp3) is 0.778. The number of hydrogen-bond donors (Lipinski definition) is 1. The van der Waals surface area contributed by atoms with Crippen molar-refractivity contribution in [2.45, 2.75) is 32.6 Å². The van der Waals surface area contributed by atoms with Gasteiger partial charge in [-0.15, -0.1) is 0 Å². The van der Waals surface area contributed by atoms with Crippen LogP contribution >= 0.6 is 0 Å². The van der Waals surface area contributed by atoms with Gasteiger partial charge in [-0.2, -0.15) is 0 Å². The van der Waals surface area contributed by atoms with E-state index in [9.17, 15) is 9.59 Å². The van der Waals surface area contributed by atoms with Crippen LogP contribution in [-0.4, -0.2) is 11.7 Å². The molecular weight excluding hydrogens is 154 g/mol. The summed E-state index contributed by atoms with van der Waals surface area (Å²) in [7, 11) is 0. The minimum atomic E-state index is -0.790. The molecule has 0 spiro atoms. The Bertz CT molecular complexity index is 197. The maximum absolute atomic E-state index is 11.0. The van der Waals surface area contributed by atoms with Gasteiger partial charge in [-0.3, -0.25) is 9.59 Å². The summed E-state index contributed by atoms with van der Waals surface area (Å²) in [6.45, 7) is 1.78. The predicted octanol–water partition coefficient (Wildman–Crippen LogP) is 0.867. The van der Waals surface area contributed by atoms with Crippen molar-refractivity contribution in [1.82, 2.24) is 0 Å². The van der Waals surface area contributed by atoms with Crippen molar-refractivity contribution in [2.75, 3.05) is 0 Å². The minimum absolute atomic E-state index is 0.173. The van der Waals surface area contributed by atoms with Crippen LogP contribution in [0, 0.1) is 11.8 Å². The fourth-order valence-corrected chi connectivity index (χ4v) is 1.58. The SMILES string of the molecule is C[C@H](CC1CCC1)C(=O)C(N)=O. The second-order valence-corrected chi connectivity index (χ2v) is 3.66. The van der Waals surface area contributed by atoms with Gasteiger partial charge in [0.05, 0.1) is 0 Å². The number of rotatable bonds is 4. The van der Waals surface area contributed by atoms with E-state index in [4.69, 9.17) is 5.73 Å². The molecule has 1 atom stereocenters. The molecule has 1 aliphatic carbocycles. The van der Waals surface area contributed by atoms with Crippen molar-refractivity contribution < 1.29 is 9.59 Å². The lowest BCUT2D eigenvalue weighted by Gasteiger charge is -2.27. The fourth-order valence-electron chi connectivity index (χ4n) is 1.58. The van der Waals surface area contributed by atoms with Gasteiger partial charge in [0.2, 0.25) is 5.78 Å². The van der Waals surface area contributed by atoms with Gasteiger partial charge in [-0.05, 0) is 12.3 Å². The first-order valence-corrected chi connectivity index (χ1v) is 4.45. The van der Waals surface area contributed by atoms with Gasteiger partial charge in [-0.25, -0.2) is 0 Å². The van der Waals surface area contributed by atoms with Gasteiger partial charge in [0.25, 0.3) is 5.91 Å². The number of primary amides is 1. The van der Waals surface area contributed by atoms with Gasteiger partial charge in [0.1, 0.15) is 0 Å². The number of amides is 1. The zero-order valence-corrected chi connectivity index (χ0v) is 7.38. The number of carbonyl (C=O) groups excluding carboxylic acids is 2. The Morgan fingerprint density at radius 2 is 2.08 bits per heavy atom. The summed E-state index contributed by atoms with van der Waals surface area (Å²) in [5.41, 5.74) is 4.88. The summed E-state index contributed by atoms with van der Waals surface area (Å²) in [4.78, 5) is 21.5. The molecule has 0 heterocycles. The molecule has 1 rings (SSSR count). The van der Waals surface area contributed by atoms with Gasteiger partial charge >= 0.3 is 0 Å². The van der Waals surface area contributed by atoms with Crippen molar-refractivity contribution in [3.05, 3.63) is 0 Å². The van der Waals surface area contributed by atoms with Gasteiger partial charge in [-0.1, -0.05) is 26.2 Å².